The van der Waals surface area contributed by atoms with Gasteiger partial charge in [0.25, 0.3) is 0 Å². The van der Waals surface area contributed by atoms with Crippen molar-refractivity contribution >= 4 is 33.4 Å². The van der Waals surface area contributed by atoms with Crippen molar-refractivity contribution in [1.29, 1.82) is 0 Å². The maximum absolute atomic E-state index is 13.2. The monoisotopic (exact) mass is 353 g/mol. The van der Waals surface area contributed by atoms with E-state index in [9.17, 15) is 4.39 Å². The van der Waals surface area contributed by atoms with Gasteiger partial charge in [0.05, 0.1) is 0 Å². The third-order valence-corrected chi connectivity index (χ3v) is 4.86. The first-order chi connectivity index (χ1) is 9.61. The number of benzene rings is 2. The highest BCUT2D eigenvalue weighted by atomic mass is 79.9. The van der Waals surface area contributed by atoms with Gasteiger partial charge in [-0.15, -0.1) is 11.8 Å². The molecule has 1 heterocycles. The molecule has 0 aliphatic carbocycles. The van der Waals surface area contributed by atoms with Crippen LogP contribution in [0.5, 0.6) is 5.75 Å². The number of anilines is 1. The van der Waals surface area contributed by atoms with E-state index in [1.54, 1.807) is 6.07 Å². The number of halogens is 2. The van der Waals surface area contributed by atoms with Gasteiger partial charge in [-0.2, -0.15) is 0 Å². The van der Waals surface area contributed by atoms with Gasteiger partial charge in [-0.1, -0.05) is 15.9 Å². The Morgan fingerprint density at radius 1 is 1.30 bits per heavy atom. The number of ether oxygens (including phenoxy) is 1. The Labute approximate surface area is 129 Å². The van der Waals surface area contributed by atoms with Crippen LogP contribution in [-0.4, -0.2) is 11.9 Å². The summed E-state index contributed by atoms with van der Waals surface area (Å²) in [6.45, 7) is 0. The number of thioether (sulfide) groups is 1. The Morgan fingerprint density at radius 2 is 2.15 bits per heavy atom. The molecule has 1 atom stereocenters. The van der Waals surface area contributed by atoms with Crippen molar-refractivity contribution in [2.24, 2.45) is 0 Å². The molecular weight excluding hydrogens is 341 g/mol. The van der Waals surface area contributed by atoms with Crippen LogP contribution in [0.3, 0.4) is 0 Å². The minimum Gasteiger partial charge on any atom is -0.489 e. The molecule has 0 saturated carbocycles. The highest BCUT2D eigenvalue weighted by molar-refractivity contribution is 9.10. The fraction of sp³-hybridized carbons (Fsp3) is 0.200. The third kappa shape index (κ3) is 2.94. The molecular formula is C15H13BrFNOS. The second-order valence-corrected chi connectivity index (χ2v) is 6.67. The highest BCUT2D eigenvalue weighted by Gasteiger charge is 2.23. The van der Waals surface area contributed by atoms with Crippen molar-refractivity contribution in [3.05, 3.63) is 52.3 Å². The van der Waals surface area contributed by atoms with Gasteiger partial charge in [0.15, 0.2) is 0 Å². The summed E-state index contributed by atoms with van der Waals surface area (Å²) < 4.78 is 20.1. The van der Waals surface area contributed by atoms with Gasteiger partial charge in [0, 0.05) is 27.2 Å². The summed E-state index contributed by atoms with van der Waals surface area (Å²) in [7, 11) is 0. The van der Waals surface area contributed by atoms with Crippen molar-refractivity contribution in [1.82, 2.24) is 0 Å². The molecule has 3 rings (SSSR count). The molecule has 104 valence electrons. The van der Waals surface area contributed by atoms with E-state index in [1.807, 2.05) is 12.1 Å². The van der Waals surface area contributed by atoms with Gasteiger partial charge >= 0.3 is 0 Å². The lowest BCUT2D eigenvalue weighted by Gasteiger charge is -2.11. The maximum atomic E-state index is 13.2. The van der Waals surface area contributed by atoms with Crippen LogP contribution < -0.4 is 10.5 Å². The molecule has 1 unspecified atom stereocenters. The van der Waals surface area contributed by atoms with E-state index >= 15 is 0 Å². The molecule has 1 aliphatic heterocycles. The fourth-order valence-electron chi connectivity index (χ4n) is 2.20. The van der Waals surface area contributed by atoms with E-state index in [0.717, 1.165) is 27.3 Å². The van der Waals surface area contributed by atoms with E-state index < -0.39 is 0 Å². The average Bonchev–Trinajstić information content (AvgIpc) is 2.81. The average molecular weight is 354 g/mol. The van der Waals surface area contributed by atoms with Gasteiger partial charge in [0.1, 0.15) is 17.7 Å². The summed E-state index contributed by atoms with van der Waals surface area (Å²) in [5.41, 5.74) is 7.66. The standard InChI is InChI=1S/C15H13BrFNOS/c16-10-1-4-14-9(5-10)6-12(19-14)8-20-15-7-11(17)2-3-13(15)18/h1-5,7,12H,6,8,18H2. The smallest absolute Gasteiger partial charge is 0.124 e. The molecule has 20 heavy (non-hydrogen) atoms. The highest BCUT2D eigenvalue weighted by Crippen LogP contribution is 2.34. The second-order valence-electron chi connectivity index (χ2n) is 4.69. The summed E-state index contributed by atoms with van der Waals surface area (Å²) in [6.07, 6.45) is 0.976. The number of rotatable bonds is 3. The predicted octanol–water partition coefficient (Wildman–Crippen LogP) is 4.27. The molecule has 0 aromatic heterocycles. The zero-order chi connectivity index (χ0) is 14.1. The first-order valence-electron chi connectivity index (χ1n) is 6.25. The molecule has 2 nitrogen and oxygen atoms in total. The second kappa shape index (κ2) is 5.66. The molecule has 0 amide bonds. The topological polar surface area (TPSA) is 35.2 Å². The zero-order valence-corrected chi connectivity index (χ0v) is 13.0. The van der Waals surface area contributed by atoms with Gasteiger partial charge < -0.3 is 10.5 Å². The summed E-state index contributed by atoms with van der Waals surface area (Å²) in [5, 5.41) is 0. The third-order valence-electron chi connectivity index (χ3n) is 3.16. The fourth-order valence-corrected chi connectivity index (χ4v) is 3.59. The van der Waals surface area contributed by atoms with Gasteiger partial charge in [-0.05, 0) is 42.0 Å². The van der Waals surface area contributed by atoms with Crippen LogP contribution in [0.1, 0.15) is 5.56 Å². The van der Waals surface area contributed by atoms with Crippen LogP contribution in [0.15, 0.2) is 45.8 Å². The molecule has 0 spiro atoms. The largest absolute Gasteiger partial charge is 0.489 e. The number of nitrogens with two attached hydrogens (primary N) is 1. The Balaban J connectivity index is 1.65. The van der Waals surface area contributed by atoms with E-state index in [0.29, 0.717) is 5.69 Å². The van der Waals surface area contributed by atoms with Crippen LogP contribution in [0.4, 0.5) is 10.1 Å². The van der Waals surface area contributed by atoms with E-state index in [1.165, 1.54) is 29.5 Å². The zero-order valence-electron chi connectivity index (χ0n) is 10.6. The summed E-state index contributed by atoms with van der Waals surface area (Å²) in [6, 6.07) is 10.5. The van der Waals surface area contributed by atoms with Crippen LogP contribution >= 0.6 is 27.7 Å². The molecule has 1 aliphatic rings. The van der Waals surface area contributed by atoms with Crippen molar-refractivity contribution in [2.75, 3.05) is 11.5 Å². The van der Waals surface area contributed by atoms with E-state index in [2.05, 4.69) is 22.0 Å². The first-order valence-corrected chi connectivity index (χ1v) is 8.02. The number of nitrogen functional groups attached to an aromatic ring is 1. The summed E-state index contributed by atoms with van der Waals surface area (Å²) in [4.78, 5) is 0.769. The van der Waals surface area contributed by atoms with Gasteiger partial charge in [-0.25, -0.2) is 4.39 Å². The molecule has 0 radical (unpaired) electrons. The lowest BCUT2D eigenvalue weighted by Crippen LogP contribution is -2.15. The predicted molar refractivity (Wildman–Crippen MR) is 83.8 cm³/mol. The van der Waals surface area contributed by atoms with Crippen molar-refractivity contribution < 1.29 is 9.13 Å². The Morgan fingerprint density at radius 3 is 3.00 bits per heavy atom. The quantitative estimate of drug-likeness (QED) is 0.661. The Kier molecular flexibility index (Phi) is 3.89. The van der Waals surface area contributed by atoms with Crippen LogP contribution in [0.25, 0.3) is 0 Å². The van der Waals surface area contributed by atoms with E-state index in [4.69, 9.17) is 10.5 Å². The molecule has 5 heteroatoms. The Bertz CT molecular complexity index is 650. The summed E-state index contributed by atoms with van der Waals surface area (Å²) in [5.74, 6) is 1.42. The molecule has 0 bridgehead atoms. The normalized spacial score (nSPS) is 16.8. The number of hydrogen-bond donors (Lipinski definition) is 1. The van der Waals surface area contributed by atoms with Crippen LogP contribution in [0, 0.1) is 5.82 Å². The Hall–Kier alpha value is -1.20. The molecule has 2 N–H and O–H groups in total. The minimum absolute atomic E-state index is 0.104. The first kappa shape index (κ1) is 13.8. The van der Waals surface area contributed by atoms with Crippen LogP contribution in [-0.2, 0) is 6.42 Å². The van der Waals surface area contributed by atoms with Crippen molar-refractivity contribution in [3.63, 3.8) is 0 Å². The van der Waals surface area contributed by atoms with Crippen LogP contribution in [0.2, 0.25) is 0 Å². The van der Waals surface area contributed by atoms with Crippen molar-refractivity contribution in [3.8, 4) is 5.75 Å². The van der Waals surface area contributed by atoms with E-state index in [-0.39, 0.29) is 11.9 Å². The molecule has 2 aromatic carbocycles. The summed E-state index contributed by atoms with van der Waals surface area (Å²) >= 11 is 4.99. The lowest BCUT2D eigenvalue weighted by atomic mass is 10.1. The number of hydrogen-bond acceptors (Lipinski definition) is 3. The van der Waals surface area contributed by atoms with Crippen molar-refractivity contribution in [2.45, 2.75) is 17.4 Å². The SMILES string of the molecule is Nc1ccc(F)cc1SCC1Cc2cc(Br)ccc2O1. The molecule has 0 fully saturated rings. The molecule has 2 aromatic rings. The number of fused-ring (bicyclic) bond motifs is 1. The molecule has 0 saturated heterocycles. The minimum atomic E-state index is -0.263. The van der Waals surface area contributed by atoms with Gasteiger partial charge in [0.2, 0.25) is 0 Å². The van der Waals surface area contributed by atoms with Gasteiger partial charge in [-0.3, -0.25) is 0 Å². The maximum Gasteiger partial charge on any atom is 0.124 e. The lowest BCUT2D eigenvalue weighted by molar-refractivity contribution is 0.259.